The molecule has 0 spiro atoms. The van der Waals surface area contributed by atoms with Crippen molar-refractivity contribution >= 4 is 12.0 Å². The van der Waals surface area contributed by atoms with Crippen molar-refractivity contribution in [1.82, 2.24) is 0 Å². The Kier molecular flexibility index (Phi) is 7.38. The van der Waals surface area contributed by atoms with Gasteiger partial charge in [0, 0.05) is 18.2 Å². The first-order chi connectivity index (χ1) is 11.3. The number of rotatable bonds is 10. The number of hydrogen-bond donors (Lipinski definition) is 1. The Bertz CT molecular complexity index is 562. The lowest BCUT2D eigenvalue weighted by Crippen LogP contribution is -2.20. The van der Waals surface area contributed by atoms with Crippen LogP contribution in [0.3, 0.4) is 0 Å². The van der Waals surface area contributed by atoms with Gasteiger partial charge in [-0.1, -0.05) is 54.4 Å². The maximum Gasteiger partial charge on any atom is 0.119 e. The quantitative estimate of drug-likeness (QED) is 0.484. The van der Waals surface area contributed by atoms with Crippen LogP contribution >= 0.6 is 0 Å². The van der Waals surface area contributed by atoms with Crippen molar-refractivity contribution in [3.8, 4) is 0 Å². The topological polar surface area (TPSA) is 29.1 Å². The molecule has 122 valence electrons. The molecule has 0 amide bonds. The molecule has 0 radical (unpaired) electrons. The molecule has 2 rings (SSSR count). The van der Waals surface area contributed by atoms with E-state index in [1.54, 1.807) is 0 Å². The molecule has 2 aromatic rings. The molecule has 0 aliphatic rings. The maximum absolute atomic E-state index is 10.5. The van der Waals surface area contributed by atoms with Crippen LogP contribution in [0, 0.1) is 6.92 Å². The molecule has 0 aromatic heterocycles. The van der Waals surface area contributed by atoms with Crippen LogP contribution in [0.4, 0.5) is 5.69 Å². The molecule has 2 heteroatoms. The third-order valence-electron chi connectivity index (χ3n) is 4.17. The summed E-state index contributed by atoms with van der Waals surface area (Å²) < 4.78 is 0. The van der Waals surface area contributed by atoms with E-state index in [0.29, 0.717) is 12.5 Å². The second kappa shape index (κ2) is 9.83. The predicted molar refractivity (Wildman–Crippen MR) is 97.9 cm³/mol. The Morgan fingerprint density at radius 1 is 0.957 bits per heavy atom. The zero-order valence-corrected chi connectivity index (χ0v) is 14.0. The summed E-state index contributed by atoms with van der Waals surface area (Å²) >= 11 is 0. The number of anilines is 1. The van der Waals surface area contributed by atoms with E-state index in [0.717, 1.165) is 38.4 Å². The first-order valence-electron chi connectivity index (χ1n) is 8.58. The summed E-state index contributed by atoms with van der Waals surface area (Å²) in [7, 11) is 0. The lowest BCUT2D eigenvalue weighted by atomic mass is 9.99. The summed E-state index contributed by atoms with van der Waals surface area (Å²) in [6.45, 7) is 2.12. The first-order valence-corrected chi connectivity index (χ1v) is 8.58. The van der Waals surface area contributed by atoms with Crippen molar-refractivity contribution in [2.75, 3.05) is 5.32 Å². The molecule has 1 N–H and O–H groups in total. The Morgan fingerprint density at radius 3 is 2.39 bits per heavy atom. The molecular formula is C21H27NO. The smallest absolute Gasteiger partial charge is 0.119 e. The van der Waals surface area contributed by atoms with E-state index in [4.69, 9.17) is 0 Å². The fourth-order valence-electron chi connectivity index (χ4n) is 2.77. The monoisotopic (exact) mass is 309 g/mol. The van der Waals surface area contributed by atoms with E-state index in [2.05, 4.69) is 60.8 Å². The van der Waals surface area contributed by atoms with E-state index >= 15 is 0 Å². The van der Waals surface area contributed by atoms with Crippen molar-refractivity contribution in [1.29, 1.82) is 0 Å². The molecule has 0 aliphatic carbocycles. The molecule has 2 nitrogen and oxygen atoms in total. The van der Waals surface area contributed by atoms with Crippen LogP contribution in [0.2, 0.25) is 0 Å². The van der Waals surface area contributed by atoms with Gasteiger partial charge in [-0.15, -0.1) is 0 Å². The Balaban J connectivity index is 1.89. The molecular weight excluding hydrogens is 282 g/mol. The number of hydrogen-bond acceptors (Lipinski definition) is 2. The molecule has 0 saturated heterocycles. The van der Waals surface area contributed by atoms with Crippen molar-refractivity contribution < 1.29 is 4.79 Å². The zero-order chi connectivity index (χ0) is 16.3. The minimum Gasteiger partial charge on any atom is -0.382 e. The van der Waals surface area contributed by atoms with Crippen LogP contribution in [-0.4, -0.2) is 12.3 Å². The second-order valence-corrected chi connectivity index (χ2v) is 6.18. The highest BCUT2D eigenvalue weighted by Gasteiger charge is 2.09. The highest BCUT2D eigenvalue weighted by atomic mass is 16.1. The van der Waals surface area contributed by atoms with Gasteiger partial charge in [0.25, 0.3) is 0 Å². The molecule has 0 aliphatic heterocycles. The molecule has 23 heavy (non-hydrogen) atoms. The van der Waals surface area contributed by atoms with Gasteiger partial charge >= 0.3 is 0 Å². The summed E-state index contributed by atoms with van der Waals surface area (Å²) in [4.78, 5) is 10.5. The van der Waals surface area contributed by atoms with Crippen molar-refractivity contribution in [3.63, 3.8) is 0 Å². The van der Waals surface area contributed by atoms with Gasteiger partial charge in [0.1, 0.15) is 6.29 Å². The molecule has 1 atom stereocenters. The summed E-state index contributed by atoms with van der Waals surface area (Å²) in [5.74, 6) is 0. The average Bonchev–Trinajstić information content (AvgIpc) is 2.58. The van der Waals surface area contributed by atoms with Gasteiger partial charge in [-0.2, -0.15) is 0 Å². The third-order valence-corrected chi connectivity index (χ3v) is 4.17. The van der Waals surface area contributed by atoms with E-state index in [1.807, 2.05) is 6.07 Å². The van der Waals surface area contributed by atoms with Crippen LogP contribution in [-0.2, 0) is 11.2 Å². The lowest BCUT2D eigenvalue weighted by Gasteiger charge is -2.20. The molecule has 0 heterocycles. The fraction of sp³-hybridized carbons (Fsp3) is 0.381. The predicted octanol–water partition coefficient (Wildman–Crippen LogP) is 5.17. The minimum absolute atomic E-state index is 0.449. The SMILES string of the molecule is Cc1ccc(CCC(CCCCC=O)Nc2ccccc2)cc1. The first kappa shape index (κ1) is 17.3. The Hall–Kier alpha value is -2.09. The third kappa shape index (κ3) is 6.68. The number of para-hydroxylation sites is 1. The van der Waals surface area contributed by atoms with Gasteiger partial charge in [0.05, 0.1) is 0 Å². The largest absolute Gasteiger partial charge is 0.382 e. The van der Waals surface area contributed by atoms with E-state index in [-0.39, 0.29) is 0 Å². The number of unbranched alkanes of at least 4 members (excludes halogenated alkanes) is 2. The van der Waals surface area contributed by atoms with Crippen molar-refractivity contribution in [2.45, 2.75) is 51.5 Å². The van der Waals surface area contributed by atoms with Gasteiger partial charge in [-0.05, 0) is 50.3 Å². The summed E-state index contributed by atoms with van der Waals surface area (Å²) in [6, 6.07) is 19.6. The fourth-order valence-corrected chi connectivity index (χ4v) is 2.77. The van der Waals surface area contributed by atoms with Crippen LogP contribution in [0.15, 0.2) is 54.6 Å². The van der Waals surface area contributed by atoms with Gasteiger partial charge in [0.15, 0.2) is 0 Å². The van der Waals surface area contributed by atoms with E-state index < -0.39 is 0 Å². The molecule has 2 aromatic carbocycles. The van der Waals surface area contributed by atoms with E-state index in [1.165, 1.54) is 16.8 Å². The molecule has 0 bridgehead atoms. The zero-order valence-electron chi connectivity index (χ0n) is 14.0. The summed E-state index contributed by atoms with van der Waals surface area (Å²) in [5.41, 5.74) is 3.88. The minimum atomic E-state index is 0.449. The average molecular weight is 309 g/mol. The molecule has 0 fully saturated rings. The maximum atomic E-state index is 10.5. The van der Waals surface area contributed by atoms with Crippen LogP contribution < -0.4 is 5.32 Å². The van der Waals surface area contributed by atoms with Crippen molar-refractivity contribution in [3.05, 3.63) is 65.7 Å². The van der Waals surface area contributed by atoms with Crippen molar-refractivity contribution in [2.24, 2.45) is 0 Å². The molecule has 0 saturated carbocycles. The highest BCUT2D eigenvalue weighted by Crippen LogP contribution is 2.16. The number of benzene rings is 2. The normalized spacial score (nSPS) is 11.9. The summed E-state index contributed by atoms with van der Waals surface area (Å²) in [6.07, 6.45) is 7.08. The number of carbonyl (C=O) groups excluding carboxylic acids is 1. The van der Waals surface area contributed by atoms with Gasteiger partial charge < -0.3 is 10.1 Å². The number of aryl methyl sites for hydroxylation is 2. The Morgan fingerprint density at radius 2 is 1.70 bits per heavy atom. The van der Waals surface area contributed by atoms with Gasteiger partial charge in [-0.25, -0.2) is 0 Å². The second-order valence-electron chi connectivity index (χ2n) is 6.18. The van der Waals surface area contributed by atoms with Crippen LogP contribution in [0.25, 0.3) is 0 Å². The summed E-state index contributed by atoms with van der Waals surface area (Å²) in [5, 5.41) is 3.65. The van der Waals surface area contributed by atoms with Gasteiger partial charge in [0.2, 0.25) is 0 Å². The number of aldehydes is 1. The van der Waals surface area contributed by atoms with Crippen LogP contribution in [0.1, 0.15) is 43.2 Å². The Labute approximate surface area is 139 Å². The number of carbonyl (C=O) groups is 1. The van der Waals surface area contributed by atoms with Gasteiger partial charge in [-0.3, -0.25) is 0 Å². The van der Waals surface area contributed by atoms with Crippen LogP contribution in [0.5, 0.6) is 0 Å². The standard InChI is InChI=1S/C21H27NO/c1-18-11-13-19(14-12-18)15-16-21(10-6-3-7-17-23)22-20-8-4-2-5-9-20/h2,4-5,8-9,11-14,17,21-22H,3,6-7,10,15-16H2,1H3. The highest BCUT2D eigenvalue weighted by molar-refractivity contribution is 5.49. The lowest BCUT2D eigenvalue weighted by molar-refractivity contribution is -0.107. The molecule has 1 unspecified atom stereocenters. The van der Waals surface area contributed by atoms with E-state index in [9.17, 15) is 4.79 Å². The number of nitrogens with one attached hydrogen (secondary N) is 1.